The fourth-order valence-corrected chi connectivity index (χ4v) is 3.00. The molecular weight excluding hydrogens is 336 g/mol. The van der Waals surface area contributed by atoms with Gasteiger partial charge in [-0.15, -0.1) is 10.2 Å². The maximum atomic E-state index is 12.4. The molecule has 6 nitrogen and oxygen atoms in total. The van der Waals surface area contributed by atoms with E-state index in [9.17, 15) is 4.79 Å². The molecule has 25 heavy (non-hydrogen) atoms. The van der Waals surface area contributed by atoms with E-state index in [4.69, 9.17) is 4.74 Å². The van der Waals surface area contributed by atoms with Gasteiger partial charge in [-0.05, 0) is 60.6 Å². The molecule has 3 rings (SSSR count). The SMILES string of the molecule is COc1cc(C(=O)Nc2ccc(Sc3nncn3C)cc2)ccc1C. The van der Waals surface area contributed by atoms with Crippen molar-refractivity contribution in [2.75, 3.05) is 12.4 Å². The molecule has 2 aromatic carbocycles. The van der Waals surface area contributed by atoms with Gasteiger partial charge in [0.1, 0.15) is 12.1 Å². The van der Waals surface area contributed by atoms with E-state index in [2.05, 4.69) is 15.5 Å². The summed E-state index contributed by atoms with van der Waals surface area (Å²) in [7, 11) is 3.49. The minimum absolute atomic E-state index is 0.174. The number of anilines is 1. The molecule has 1 N–H and O–H groups in total. The van der Waals surface area contributed by atoms with Crippen molar-refractivity contribution in [2.24, 2.45) is 7.05 Å². The number of rotatable bonds is 5. The van der Waals surface area contributed by atoms with Crippen LogP contribution in [0.1, 0.15) is 15.9 Å². The number of benzene rings is 2. The Kier molecular flexibility index (Phi) is 5.04. The van der Waals surface area contributed by atoms with Crippen LogP contribution in [0, 0.1) is 6.92 Å². The smallest absolute Gasteiger partial charge is 0.255 e. The summed E-state index contributed by atoms with van der Waals surface area (Å²) in [5.41, 5.74) is 2.27. The van der Waals surface area contributed by atoms with Crippen LogP contribution >= 0.6 is 11.8 Å². The molecule has 3 aromatic rings. The number of aromatic nitrogens is 3. The lowest BCUT2D eigenvalue weighted by Crippen LogP contribution is -2.12. The first-order valence-electron chi connectivity index (χ1n) is 7.64. The molecule has 0 radical (unpaired) electrons. The largest absolute Gasteiger partial charge is 0.496 e. The van der Waals surface area contributed by atoms with Crippen LogP contribution in [0.25, 0.3) is 0 Å². The van der Waals surface area contributed by atoms with Crippen LogP contribution in [0.3, 0.4) is 0 Å². The summed E-state index contributed by atoms with van der Waals surface area (Å²) >= 11 is 1.51. The summed E-state index contributed by atoms with van der Waals surface area (Å²) in [4.78, 5) is 13.4. The van der Waals surface area contributed by atoms with Gasteiger partial charge in [0.25, 0.3) is 5.91 Å². The van der Waals surface area contributed by atoms with Crippen LogP contribution in [-0.4, -0.2) is 27.8 Å². The lowest BCUT2D eigenvalue weighted by atomic mass is 10.1. The fourth-order valence-electron chi connectivity index (χ4n) is 2.24. The Bertz CT molecular complexity index is 890. The number of nitrogens with one attached hydrogen (secondary N) is 1. The van der Waals surface area contributed by atoms with E-state index in [1.54, 1.807) is 25.6 Å². The standard InChI is InChI=1S/C18H18N4O2S/c1-12-4-5-13(10-16(12)24-3)17(23)20-14-6-8-15(9-7-14)25-18-21-19-11-22(18)2/h4-11H,1-3H3,(H,20,23). The van der Waals surface area contributed by atoms with Crippen LogP contribution in [0.15, 0.2) is 58.8 Å². The predicted octanol–water partition coefficient (Wildman–Crippen LogP) is 3.54. The third-order valence-corrected chi connectivity index (χ3v) is 4.72. The van der Waals surface area contributed by atoms with Crippen LogP contribution < -0.4 is 10.1 Å². The van der Waals surface area contributed by atoms with Crippen molar-refractivity contribution >= 4 is 23.4 Å². The molecule has 1 amide bonds. The van der Waals surface area contributed by atoms with E-state index in [1.807, 2.05) is 48.9 Å². The second kappa shape index (κ2) is 7.40. The minimum Gasteiger partial charge on any atom is -0.496 e. The third kappa shape index (κ3) is 4.00. The number of hydrogen-bond donors (Lipinski definition) is 1. The molecule has 7 heteroatoms. The Balaban J connectivity index is 1.68. The zero-order valence-electron chi connectivity index (χ0n) is 14.2. The summed E-state index contributed by atoms with van der Waals surface area (Å²) in [6.07, 6.45) is 1.66. The molecular formula is C18H18N4O2S. The molecule has 1 heterocycles. The number of methoxy groups -OCH3 is 1. The maximum Gasteiger partial charge on any atom is 0.255 e. The van der Waals surface area contributed by atoms with Crippen molar-refractivity contribution in [3.8, 4) is 5.75 Å². The normalized spacial score (nSPS) is 10.5. The minimum atomic E-state index is -0.174. The summed E-state index contributed by atoms with van der Waals surface area (Å²) in [5, 5.41) is 11.6. The van der Waals surface area contributed by atoms with Gasteiger partial charge in [-0.3, -0.25) is 4.79 Å². The molecule has 0 spiro atoms. The van der Waals surface area contributed by atoms with Crippen LogP contribution in [0.4, 0.5) is 5.69 Å². The number of ether oxygens (including phenoxy) is 1. The Morgan fingerprint density at radius 3 is 2.60 bits per heavy atom. The molecule has 128 valence electrons. The van der Waals surface area contributed by atoms with Gasteiger partial charge in [0.15, 0.2) is 5.16 Å². The lowest BCUT2D eigenvalue weighted by Gasteiger charge is -2.09. The monoisotopic (exact) mass is 354 g/mol. The fraction of sp³-hybridized carbons (Fsp3) is 0.167. The second-order valence-corrected chi connectivity index (χ2v) is 6.53. The first-order chi connectivity index (χ1) is 12.1. The number of carbonyl (C=O) groups excluding carboxylic acids is 1. The average Bonchev–Trinajstić information content (AvgIpc) is 3.02. The van der Waals surface area contributed by atoms with E-state index >= 15 is 0 Å². The number of carbonyl (C=O) groups is 1. The molecule has 0 saturated carbocycles. The lowest BCUT2D eigenvalue weighted by molar-refractivity contribution is 0.102. The summed E-state index contributed by atoms with van der Waals surface area (Å²) in [6.45, 7) is 1.94. The van der Waals surface area contributed by atoms with Crippen molar-refractivity contribution in [3.05, 3.63) is 59.9 Å². The van der Waals surface area contributed by atoms with Crippen LogP contribution in [0.5, 0.6) is 5.75 Å². The quantitative estimate of drug-likeness (QED) is 0.759. The first-order valence-corrected chi connectivity index (χ1v) is 8.46. The average molecular weight is 354 g/mol. The highest BCUT2D eigenvalue weighted by Crippen LogP contribution is 2.26. The van der Waals surface area contributed by atoms with E-state index in [0.29, 0.717) is 11.3 Å². The van der Waals surface area contributed by atoms with E-state index in [1.165, 1.54) is 11.8 Å². The highest BCUT2D eigenvalue weighted by atomic mass is 32.2. The van der Waals surface area contributed by atoms with Crippen molar-refractivity contribution in [2.45, 2.75) is 17.0 Å². The topological polar surface area (TPSA) is 69.0 Å². The molecule has 0 unspecified atom stereocenters. The van der Waals surface area contributed by atoms with Crippen molar-refractivity contribution in [3.63, 3.8) is 0 Å². The molecule has 0 fully saturated rings. The van der Waals surface area contributed by atoms with Crippen molar-refractivity contribution in [1.29, 1.82) is 0 Å². The third-order valence-electron chi connectivity index (χ3n) is 3.66. The van der Waals surface area contributed by atoms with Gasteiger partial charge < -0.3 is 14.6 Å². The highest BCUT2D eigenvalue weighted by molar-refractivity contribution is 7.99. The van der Waals surface area contributed by atoms with Crippen LogP contribution in [0.2, 0.25) is 0 Å². The molecule has 1 aromatic heterocycles. The first kappa shape index (κ1) is 17.0. The van der Waals surface area contributed by atoms with Gasteiger partial charge in [0, 0.05) is 23.2 Å². The van der Waals surface area contributed by atoms with Gasteiger partial charge in [-0.2, -0.15) is 0 Å². The Hall–Kier alpha value is -2.80. The van der Waals surface area contributed by atoms with Crippen molar-refractivity contribution in [1.82, 2.24) is 14.8 Å². The van der Waals surface area contributed by atoms with Crippen molar-refractivity contribution < 1.29 is 9.53 Å². The maximum absolute atomic E-state index is 12.4. The Labute approximate surface area is 150 Å². The molecule has 0 bridgehead atoms. The predicted molar refractivity (Wildman–Crippen MR) is 97.3 cm³/mol. The summed E-state index contributed by atoms with van der Waals surface area (Å²) in [6, 6.07) is 13.0. The molecule has 0 saturated heterocycles. The molecule has 0 aliphatic rings. The van der Waals surface area contributed by atoms with Gasteiger partial charge in [0.05, 0.1) is 7.11 Å². The molecule has 0 atom stereocenters. The zero-order valence-corrected chi connectivity index (χ0v) is 15.0. The number of hydrogen-bond acceptors (Lipinski definition) is 5. The number of nitrogens with zero attached hydrogens (tertiary/aromatic N) is 3. The van der Waals surface area contributed by atoms with E-state index in [0.717, 1.165) is 21.3 Å². The summed E-state index contributed by atoms with van der Waals surface area (Å²) in [5.74, 6) is 0.523. The highest BCUT2D eigenvalue weighted by Gasteiger charge is 2.09. The second-order valence-electron chi connectivity index (χ2n) is 5.49. The summed E-state index contributed by atoms with van der Waals surface area (Å²) < 4.78 is 7.12. The number of amides is 1. The van der Waals surface area contributed by atoms with E-state index < -0.39 is 0 Å². The van der Waals surface area contributed by atoms with Gasteiger partial charge in [-0.25, -0.2) is 0 Å². The number of aryl methyl sites for hydroxylation is 2. The van der Waals surface area contributed by atoms with E-state index in [-0.39, 0.29) is 5.91 Å². The Morgan fingerprint density at radius 1 is 1.20 bits per heavy atom. The molecule has 0 aliphatic carbocycles. The zero-order chi connectivity index (χ0) is 17.8. The van der Waals surface area contributed by atoms with Gasteiger partial charge in [0.2, 0.25) is 0 Å². The molecule has 0 aliphatic heterocycles. The van der Waals surface area contributed by atoms with Gasteiger partial charge >= 0.3 is 0 Å². The Morgan fingerprint density at radius 2 is 1.96 bits per heavy atom. The van der Waals surface area contributed by atoms with Crippen LogP contribution in [-0.2, 0) is 7.05 Å². The van der Waals surface area contributed by atoms with Gasteiger partial charge in [-0.1, -0.05) is 6.07 Å².